The smallest absolute Gasteiger partial charge is 0.261 e. The summed E-state index contributed by atoms with van der Waals surface area (Å²) in [6.45, 7) is 2.58. The largest absolute Gasteiger partial charge is 0.481 e. The minimum absolute atomic E-state index is 0.0669. The number of carbonyl (C=O) groups excluding carboxylic acids is 1. The van der Waals surface area contributed by atoms with Gasteiger partial charge in [-0.1, -0.05) is 61.0 Å². The van der Waals surface area contributed by atoms with Crippen LogP contribution in [0.5, 0.6) is 5.75 Å². The van der Waals surface area contributed by atoms with E-state index in [2.05, 4.69) is 11.4 Å². The van der Waals surface area contributed by atoms with Crippen molar-refractivity contribution in [2.75, 3.05) is 12.3 Å². The second kappa shape index (κ2) is 10.4. The molecule has 0 aliphatic heterocycles. The number of nitrogens with one attached hydrogen (secondary N) is 1. The van der Waals surface area contributed by atoms with Gasteiger partial charge in [0.05, 0.1) is 0 Å². The van der Waals surface area contributed by atoms with E-state index in [9.17, 15) is 4.79 Å². The minimum Gasteiger partial charge on any atom is -0.481 e. The lowest BCUT2D eigenvalue weighted by Crippen LogP contribution is -2.39. The van der Waals surface area contributed by atoms with Crippen LogP contribution in [0.25, 0.3) is 10.8 Å². The van der Waals surface area contributed by atoms with Crippen LogP contribution in [0.1, 0.15) is 18.9 Å². The van der Waals surface area contributed by atoms with Crippen molar-refractivity contribution in [2.45, 2.75) is 25.2 Å². The van der Waals surface area contributed by atoms with Crippen molar-refractivity contribution in [3.63, 3.8) is 0 Å². The molecular weight excluding hydrogens is 390 g/mol. The van der Waals surface area contributed by atoms with E-state index < -0.39 is 6.10 Å². The quantitative estimate of drug-likeness (QED) is 0.457. The molecule has 3 nitrogen and oxygen atoms in total. The Bertz CT molecular complexity index is 914. The summed E-state index contributed by atoms with van der Waals surface area (Å²) < 4.78 is 5.94. The Kier molecular flexibility index (Phi) is 7.63. The van der Waals surface area contributed by atoms with E-state index in [0.29, 0.717) is 13.0 Å². The lowest BCUT2D eigenvalue weighted by atomic mass is 10.1. The number of amides is 1. The van der Waals surface area contributed by atoms with E-state index in [-0.39, 0.29) is 5.91 Å². The highest BCUT2D eigenvalue weighted by Gasteiger charge is 2.17. The number of fused-ring (bicyclic) bond motifs is 1. The molecule has 0 unspecified atom stereocenters. The first-order chi connectivity index (χ1) is 13.7. The van der Waals surface area contributed by atoms with Gasteiger partial charge in [0.1, 0.15) is 5.75 Å². The maximum Gasteiger partial charge on any atom is 0.261 e. The van der Waals surface area contributed by atoms with Crippen LogP contribution in [-0.2, 0) is 10.5 Å². The number of carbonyl (C=O) groups is 1. The van der Waals surface area contributed by atoms with E-state index in [4.69, 9.17) is 16.3 Å². The summed E-state index contributed by atoms with van der Waals surface area (Å²) in [5.41, 5.74) is 1.23. The molecule has 3 rings (SSSR count). The summed E-state index contributed by atoms with van der Waals surface area (Å²) in [4.78, 5) is 12.5. The summed E-state index contributed by atoms with van der Waals surface area (Å²) in [6.07, 6.45) is 0.138. The van der Waals surface area contributed by atoms with Crippen molar-refractivity contribution in [3.05, 3.63) is 77.3 Å². The van der Waals surface area contributed by atoms with E-state index >= 15 is 0 Å². The van der Waals surface area contributed by atoms with Gasteiger partial charge in [-0.05, 0) is 47.0 Å². The van der Waals surface area contributed by atoms with Crippen LogP contribution in [0.3, 0.4) is 0 Å². The summed E-state index contributed by atoms with van der Waals surface area (Å²) >= 11 is 7.67. The fourth-order valence-corrected chi connectivity index (χ4v) is 3.80. The number of thioether (sulfide) groups is 1. The number of benzene rings is 3. The van der Waals surface area contributed by atoms with Crippen LogP contribution in [0.4, 0.5) is 0 Å². The highest BCUT2D eigenvalue weighted by Crippen LogP contribution is 2.22. The Hall–Kier alpha value is -2.17. The van der Waals surface area contributed by atoms with Crippen molar-refractivity contribution in [1.29, 1.82) is 0 Å². The van der Waals surface area contributed by atoms with Crippen LogP contribution >= 0.6 is 23.4 Å². The van der Waals surface area contributed by atoms with E-state index in [0.717, 1.165) is 33.1 Å². The molecule has 0 fully saturated rings. The maximum atomic E-state index is 12.5. The highest BCUT2D eigenvalue weighted by atomic mass is 35.5. The fraction of sp³-hybridized carbons (Fsp3) is 0.261. The Morgan fingerprint density at radius 1 is 1.07 bits per heavy atom. The van der Waals surface area contributed by atoms with Crippen molar-refractivity contribution < 1.29 is 9.53 Å². The first kappa shape index (κ1) is 20.6. The predicted molar refractivity (Wildman–Crippen MR) is 119 cm³/mol. The first-order valence-electron chi connectivity index (χ1n) is 9.41. The standard InChI is InChI=1S/C23H24ClNO2S/c1-2-22(27-21-12-9-18-5-3-4-6-19(18)15-21)23(26)25-13-14-28-16-17-7-10-20(24)11-8-17/h3-12,15,22H,2,13-14,16H2,1H3,(H,25,26)/t22-/m0/s1. The second-order valence-corrected chi connectivity index (χ2v) is 8.04. The van der Waals surface area contributed by atoms with E-state index in [1.54, 1.807) is 11.8 Å². The number of halogens is 1. The number of hydrogen-bond acceptors (Lipinski definition) is 3. The normalized spacial score (nSPS) is 11.9. The van der Waals surface area contributed by atoms with Gasteiger partial charge >= 0.3 is 0 Å². The van der Waals surface area contributed by atoms with Gasteiger partial charge in [0, 0.05) is 23.1 Å². The number of rotatable bonds is 9. The SMILES string of the molecule is CC[C@H](Oc1ccc2ccccc2c1)C(=O)NCCSCc1ccc(Cl)cc1. The molecule has 0 saturated heterocycles. The Morgan fingerprint density at radius 2 is 1.82 bits per heavy atom. The molecule has 0 heterocycles. The fourth-order valence-electron chi connectivity index (χ4n) is 2.86. The average molecular weight is 414 g/mol. The van der Waals surface area contributed by atoms with Gasteiger partial charge in [-0.3, -0.25) is 4.79 Å². The lowest BCUT2D eigenvalue weighted by molar-refractivity contribution is -0.127. The van der Waals surface area contributed by atoms with Crippen molar-refractivity contribution in [3.8, 4) is 5.75 Å². The minimum atomic E-state index is -0.484. The van der Waals surface area contributed by atoms with Crippen molar-refractivity contribution in [1.82, 2.24) is 5.32 Å². The van der Waals surface area contributed by atoms with Gasteiger partial charge in [0.25, 0.3) is 5.91 Å². The zero-order valence-corrected chi connectivity index (χ0v) is 17.4. The second-order valence-electron chi connectivity index (χ2n) is 6.49. The molecule has 0 aliphatic rings. The third kappa shape index (κ3) is 5.91. The molecular formula is C23H24ClNO2S. The Labute approximate surface area is 175 Å². The highest BCUT2D eigenvalue weighted by molar-refractivity contribution is 7.98. The molecule has 0 saturated carbocycles. The van der Waals surface area contributed by atoms with Crippen molar-refractivity contribution in [2.24, 2.45) is 0 Å². The predicted octanol–water partition coefficient (Wildman–Crippen LogP) is 5.70. The van der Waals surface area contributed by atoms with Crippen LogP contribution in [0.2, 0.25) is 5.02 Å². The Morgan fingerprint density at radius 3 is 2.57 bits per heavy atom. The molecule has 1 N–H and O–H groups in total. The molecule has 1 atom stereocenters. The van der Waals surface area contributed by atoms with Gasteiger partial charge in [-0.15, -0.1) is 0 Å². The van der Waals surface area contributed by atoms with Gasteiger partial charge < -0.3 is 10.1 Å². The first-order valence-corrected chi connectivity index (χ1v) is 10.9. The van der Waals surface area contributed by atoms with Crippen molar-refractivity contribution >= 4 is 40.0 Å². The lowest BCUT2D eigenvalue weighted by Gasteiger charge is -2.17. The van der Waals surface area contributed by atoms with Gasteiger partial charge in [-0.2, -0.15) is 11.8 Å². The van der Waals surface area contributed by atoms with Crippen LogP contribution in [-0.4, -0.2) is 24.3 Å². The third-order valence-corrected chi connectivity index (χ3v) is 5.67. The number of hydrogen-bond donors (Lipinski definition) is 1. The molecule has 3 aromatic rings. The molecule has 3 aromatic carbocycles. The van der Waals surface area contributed by atoms with E-state index in [1.807, 2.05) is 67.6 Å². The molecule has 0 aliphatic carbocycles. The zero-order valence-electron chi connectivity index (χ0n) is 15.9. The molecule has 5 heteroatoms. The average Bonchev–Trinajstić information content (AvgIpc) is 2.72. The molecule has 1 amide bonds. The molecule has 0 bridgehead atoms. The summed E-state index contributed by atoms with van der Waals surface area (Å²) in [7, 11) is 0. The summed E-state index contributed by atoms with van der Waals surface area (Å²) in [6, 6.07) is 21.9. The monoisotopic (exact) mass is 413 g/mol. The zero-order chi connectivity index (χ0) is 19.8. The Balaban J connectivity index is 1.44. The third-order valence-electron chi connectivity index (χ3n) is 4.39. The topological polar surface area (TPSA) is 38.3 Å². The summed E-state index contributed by atoms with van der Waals surface area (Å²) in [5, 5.41) is 5.99. The van der Waals surface area contributed by atoms with Crippen LogP contribution in [0, 0.1) is 0 Å². The molecule has 28 heavy (non-hydrogen) atoms. The number of ether oxygens (including phenoxy) is 1. The van der Waals surface area contributed by atoms with E-state index in [1.165, 1.54) is 5.56 Å². The molecule has 0 aromatic heterocycles. The maximum absolute atomic E-state index is 12.5. The molecule has 146 valence electrons. The van der Waals surface area contributed by atoms with Crippen LogP contribution < -0.4 is 10.1 Å². The van der Waals surface area contributed by atoms with Gasteiger partial charge in [0.2, 0.25) is 0 Å². The van der Waals surface area contributed by atoms with Crippen LogP contribution in [0.15, 0.2) is 66.7 Å². The summed E-state index contributed by atoms with van der Waals surface area (Å²) in [5.74, 6) is 2.40. The molecule has 0 radical (unpaired) electrons. The van der Waals surface area contributed by atoms with Gasteiger partial charge in [-0.25, -0.2) is 0 Å². The molecule has 0 spiro atoms. The van der Waals surface area contributed by atoms with Gasteiger partial charge in [0.15, 0.2) is 6.10 Å².